The van der Waals surface area contributed by atoms with Crippen LogP contribution in [-0.2, 0) is 0 Å². The van der Waals surface area contributed by atoms with Gasteiger partial charge in [0.25, 0.3) is 0 Å². The molecule has 1 aromatic heterocycles. The Kier molecular flexibility index (Phi) is 4.52. The van der Waals surface area contributed by atoms with Crippen molar-refractivity contribution in [3.63, 3.8) is 0 Å². The number of aromatic nitrogens is 1. The standard InChI is InChI=1S/C14H19F3N2O/c1-2-13(20)12-4-3-11(9-18-12)19-7-5-10(6-8-19)14(15,16)17/h3-4,9-10,13,20H,2,5-8H2,1H3. The quantitative estimate of drug-likeness (QED) is 0.927. The van der Waals surface area contributed by atoms with Gasteiger partial charge < -0.3 is 10.0 Å². The third-order valence-corrected chi connectivity index (χ3v) is 3.82. The maximum absolute atomic E-state index is 12.6. The number of pyridine rings is 1. The SMILES string of the molecule is CCC(O)c1ccc(N2CCC(C(F)(F)F)CC2)cn1. The van der Waals surface area contributed by atoms with E-state index in [-0.39, 0.29) is 12.8 Å². The fraction of sp³-hybridized carbons (Fsp3) is 0.643. The summed E-state index contributed by atoms with van der Waals surface area (Å²) in [6.07, 6.45) is -2.20. The molecule has 6 heteroatoms. The first-order valence-corrected chi connectivity index (χ1v) is 6.87. The maximum atomic E-state index is 12.6. The number of aliphatic hydroxyl groups is 1. The van der Waals surface area contributed by atoms with Crippen molar-refractivity contribution in [3.05, 3.63) is 24.0 Å². The summed E-state index contributed by atoms with van der Waals surface area (Å²) in [5, 5.41) is 9.65. The van der Waals surface area contributed by atoms with E-state index in [1.54, 1.807) is 12.3 Å². The number of aliphatic hydroxyl groups excluding tert-OH is 1. The summed E-state index contributed by atoms with van der Waals surface area (Å²) in [5.74, 6) is -1.19. The van der Waals surface area contributed by atoms with E-state index in [0.717, 1.165) is 5.69 Å². The van der Waals surface area contributed by atoms with Crippen LogP contribution >= 0.6 is 0 Å². The van der Waals surface area contributed by atoms with Crippen molar-refractivity contribution >= 4 is 5.69 Å². The molecule has 1 fully saturated rings. The molecule has 1 aliphatic heterocycles. The second-order valence-corrected chi connectivity index (χ2v) is 5.17. The van der Waals surface area contributed by atoms with Crippen LogP contribution in [0.25, 0.3) is 0 Å². The fourth-order valence-corrected chi connectivity index (χ4v) is 2.46. The molecule has 1 unspecified atom stereocenters. The molecule has 0 saturated carbocycles. The van der Waals surface area contributed by atoms with E-state index in [1.165, 1.54) is 0 Å². The van der Waals surface area contributed by atoms with Crippen LogP contribution in [0, 0.1) is 5.92 Å². The lowest BCUT2D eigenvalue weighted by atomic mass is 9.96. The van der Waals surface area contributed by atoms with Gasteiger partial charge in [0.15, 0.2) is 0 Å². The van der Waals surface area contributed by atoms with E-state index < -0.39 is 18.2 Å². The van der Waals surface area contributed by atoms with Crippen LogP contribution in [0.1, 0.15) is 38.0 Å². The summed E-state index contributed by atoms with van der Waals surface area (Å²) in [4.78, 5) is 6.09. The van der Waals surface area contributed by atoms with Gasteiger partial charge in [-0.1, -0.05) is 6.92 Å². The van der Waals surface area contributed by atoms with Gasteiger partial charge >= 0.3 is 6.18 Å². The molecular weight excluding hydrogens is 269 g/mol. The zero-order valence-corrected chi connectivity index (χ0v) is 11.4. The molecule has 1 N–H and O–H groups in total. The van der Waals surface area contributed by atoms with Gasteiger partial charge in [-0.15, -0.1) is 0 Å². The molecule has 2 heterocycles. The van der Waals surface area contributed by atoms with Gasteiger partial charge in [0.1, 0.15) is 0 Å². The molecule has 0 spiro atoms. The Balaban J connectivity index is 1.97. The largest absolute Gasteiger partial charge is 0.391 e. The van der Waals surface area contributed by atoms with Gasteiger partial charge in [0, 0.05) is 13.1 Å². The van der Waals surface area contributed by atoms with Crippen LogP contribution in [0.5, 0.6) is 0 Å². The third kappa shape index (κ3) is 3.42. The monoisotopic (exact) mass is 288 g/mol. The highest BCUT2D eigenvalue weighted by Gasteiger charge is 2.41. The first kappa shape index (κ1) is 15.1. The number of hydrogen-bond acceptors (Lipinski definition) is 3. The van der Waals surface area contributed by atoms with Crippen LogP contribution in [0.15, 0.2) is 18.3 Å². The van der Waals surface area contributed by atoms with E-state index >= 15 is 0 Å². The van der Waals surface area contributed by atoms with Crippen LogP contribution in [0.4, 0.5) is 18.9 Å². The Labute approximate surface area is 116 Å². The molecule has 0 bridgehead atoms. The Morgan fingerprint density at radius 3 is 2.45 bits per heavy atom. The van der Waals surface area contributed by atoms with Gasteiger partial charge in [-0.25, -0.2) is 0 Å². The highest BCUT2D eigenvalue weighted by Crippen LogP contribution is 2.35. The molecule has 1 atom stereocenters. The number of halogens is 3. The van der Waals surface area contributed by atoms with Gasteiger partial charge in [0.05, 0.1) is 29.6 Å². The number of piperidine rings is 1. The first-order valence-electron chi connectivity index (χ1n) is 6.87. The van der Waals surface area contributed by atoms with Crippen molar-refractivity contribution in [3.8, 4) is 0 Å². The summed E-state index contributed by atoms with van der Waals surface area (Å²) < 4.78 is 37.8. The van der Waals surface area contributed by atoms with Gasteiger partial charge in [-0.05, 0) is 31.4 Å². The average Bonchev–Trinajstić information content (AvgIpc) is 2.46. The van der Waals surface area contributed by atoms with Gasteiger partial charge in [-0.3, -0.25) is 4.98 Å². The Morgan fingerprint density at radius 2 is 2.00 bits per heavy atom. The van der Waals surface area contributed by atoms with Crippen LogP contribution < -0.4 is 4.90 Å². The first-order chi connectivity index (χ1) is 9.41. The van der Waals surface area contributed by atoms with Gasteiger partial charge in [0.2, 0.25) is 0 Å². The van der Waals surface area contributed by atoms with E-state index in [2.05, 4.69) is 4.98 Å². The number of alkyl halides is 3. The Morgan fingerprint density at radius 1 is 1.35 bits per heavy atom. The molecule has 3 nitrogen and oxygen atoms in total. The van der Waals surface area contributed by atoms with Crippen LogP contribution in [0.2, 0.25) is 0 Å². The van der Waals surface area contributed by atoms with E-state index in [9.17, 15) is 18.3 Å². The van der Waals surface area contributed by atoms with Crippen molar-refractivity contribution in [1.29, 1.82) is 0 Å². The second-order valence-electron chi connectivity index (χ2n) is 5.17. The summed E-state index contributed by atoms with van der Waals surface area (Å²) in [6.45, 7) is 2.64. The normalized spacial score (nSPS) is 19.1. The number of nitrogens with zero attached hydrogens (tertiary/aromatic N) is 2. The van der Waals surface area contributed by atoms with Crippen molar-refractivity contribution in [1.82, 2.24) is 4.98 Å². The predicted octanol–water partition coefficient (Wildman–Crippen LogP) is 3.30. The maximum Gasteiger partial charge on any atom is 0.391 e. The van der Waals surface area contributed by atoms with Crippen LogP contribution in [-0.4, -0.2) is 29.4 Å². The molecule has 1 aliphatic rings. The number of rotatable bonds is 3. The minimum atomic E-state index is -4.08. The molecule has 0 radical (unpaired) electrons. The number of hydrogen-bond donors (Lipinski definition) is 1. The zero-order chi connectivity index (χ0) is 14.8. The van der Waals surface area contributed by atoms with Crippen LogP contribution in [0.3, 0.4) is 0 Å². The molecule has 0 aliphatic carbocycles. The summed E-state index contributed by atoms with van der Waals surface area (Å²) in [7, 11) is 0. The topological polar surface area (TPSA) is 36.4 Å². The highest BCUT2D eigenvalue weighted by atomic mass is 19.4. The van der Waals surface area contributed by atoms with E-state index in [4.69, 9.17) is 0 Å². The molecule has 0 aromatic carbocycles. The number of anilines is 1. The van der Waals surface area contributed by atoms with Crippen molar-refractivity contribution in [2.24, 2.45) is 5.92 Å². The molecule has 2 rings (SSSR count). The molecule has 0 amide bonds. The lowest BCUT2D eigenvalue weighted by Crippen LogP contribution is -2.39. The van der Waals surface area contributed by atoms with Crippen molar-refractivity contribution in [2.45, 2.75) is 38.5 Å². The van der Waals surface area contributed by atoms with Crippen molar-refractivity contribution in [2.75, 3.05) is 18.0 Å². The Bertz CT molecular complexity index is 425. The predicted molar refractivity (Wildman–Crippen MR) is 70.5 cm³/mol. The average molecular weight is 288 g/mol. The van der Waals surface area contributed by atoms with E-state index in [0.29, 0.717) is 25.2 Å². The Hall–Kier alpha value is -1.30. The lowest BCUT2D eigenvalue weighted by molar-refractivity contribution is -0.179. The third-order valence-electron chi connectivity index (χ3n) is 3.82. The molecule has 20 heavy (non-hydrogen) atoms. The second kappa shape index (κ2) is 5.99. The van der Waals surface area contributed by atoms with Crippen molar-refractivity contribution < 1.29 is 18.3 Å². The minimum Gasteiger partial charge on any atom is -0.387 e. The smallest absolute Gasteiger partial charge is 0.387 e. The van der Waals surface area contributed by atoms with E-state index in [1.807, 2.05) is 17.9 Å². The zero-order valence-electron chi connectivity index (χ0n) is 11.4. The summed E-state index contributed by atoms with van der Waals surface area (Å²) in [6, 6.07) is 3.55. The minimum absolute atomic E-state index is 0.128. The highest BCUT2D eigenvalue weighted by molar-refractivity contribution is 5.45. The molecule has 1 aromatic rings. The lowest BCUT2D eigenvalue weighted by Gasteiger charge is -2.34. The molecular formula is C14H19F3N2O. The molecule has 1 saturated heterocycles. The molecule has 112 valence electrons. The summed E-state index contributed by atoms with van der Waals surface area (Å²) in [5.41, 5.74) is 1.42. The van der Waals surface area contributed by atoms with Gasteiger partial charge in [-0.2, -0.15) is 13.2 Å². The fourth-order valence-electron chi connectivity index (χ4n) is 2.46. The summed E-state index contributed by atoms with van der Waals surface area (Å²) >= 11 is 0.